The highest BCUT2D eigenvalue weighted by atomic mass is 15.0. The molecule has 0 aromatic rings. The molecule has 1 radical (unpaired) electrons. The summed E-state index contributed by atoms with van der Waals surface area (Å²) in [5.74, 6) is 0. The van der Waals surface area contributed by atoms with E-state index in [1.165, 1.54) is 0 Å². The topological polar surface area (TPSA) is 24.1 Å². The second-order valence-corrected chi connectivity index (χ2v) is 1.26. The lowest BCUT2D eigenvalue weighted by Gasteiger charge is -1.97. The van der Waals surface area contributed by atoms with Crippen LogP contribution in [0, 0.1) is 6.67 Å². The van der Waals surface area contributed by atoms with Crippen molar-refractivity contribution in [3.8, 4) is 0 Å². The van der Waals surface area contributed by atoms with Gasteiger partial charge in [-0.1, -0.05) is 13.8 Å². The van der Waals surface area contributed by atoms with Gasteiger partial charge in [0.15, 0.2) is 0 Å². The summed E-state index contributed by atoms with van der Waals surface area (Å²) >= 11 is 0. The summed E-state index contributed by atoms with van der Waals surface area (Å²) in [4.78, 5) is 0. The van der Waals surface area contributed by atoms with E-state index in [0.717, 1.165) is 13.1 Å². The smallest absolute Gasteiger partial charge is 0.0866 e. The van der Waals surface area contributed by atoms with Crippen molar-refractivity contribution >= 4 is 0 Å². The Balaban J connectivity index is 2.45. The summed E-state index contributed by atoms with van der Waals surface area (Å²) in [5.41, 5.74) is 0. The van der Waals surface area contributed by atoms with E-state index in [2.05, 4.69) is 24.5 Å². The Morgan fingerprint density at radius 2 is 1.57 bits per heavy atom. The minimum absolute atomic E-state index is 0.993. The van der Waals surface area contributed by atoms with Crippen LogP contribution in [0.1, 0.15) is 13.8 Å². The van der Waals surface area contributed by atoms with Crippen LogP contribution in [0.25, 0.3) is 0 Å². The van der Waals surface area contributed by atoms with Gasteiger partial charge in [0.2, 0.25) is 0 Å². The van der Waals surface area contributed by atoms with Crippen LogP contribution < -0.4 is 10.6 Å². The van der Waals surface area contributed by atoms with Crippen LogP contribution in [0.5, 0.6) is 0 Å². The molecule has 0 aliphatic rings. The Labute approximate surface area is 45.3 Å². The second-order valence-electron chi connectivity index (χ2n) is 1.26. The molecule has 0 amide bonds. The van der Waals surface area contributed by atoms with Gasteiger partial charge in [-0.15, -0.1) is 0 Å². The summed E-state index contributed by atoms with van der Waals surface area (Å²) < 4.78 is 0. The highest BCUT2D eigenvalue weighted by Gasteiger charge is 1.75. The van der Waals surface area contributed by atoms with Crippen molar-refractivity contribution in [1.29, 1.82) is 0 Å². The fourth-order valence-electron chi connectivity index (χ4n) is 0.276. The highest BCUT2D eigenvalue weighted by Crippen LogP contribution is 1.57. The third-order valence-electron chi connectivity index (χ3n) is 0.612. The van der Waals surface area contributed by atoms with Crippen LogP contribution in [0.4, 0.5) is 0 Å². The Morgan fingerprint density at radius 1 is 1.14 bits per heavy atom. The number of rotatable bonds is 4. The molecule has 2 N–H and O–H groups in total. The maximum absolute atomic E-state index is 3.01. The maximum Gasteiger partial charge on any atom is 0.0866 e. The Kier molecular flexibility index (Phi) is 5.85. The molecule has 0 aliphatic carbocycles. The van der Waals surface area contributed by atoms with Crippen LogP contribution in [0.3, 0.4) is 0 Å². The number of hydrogen-bond acceptors (Lipinski definition) is 2. The largest absolute Gasteiger partial charge is 0.300 e. The third-order valence-corrected chi connectivity index (χ3v) is 0.612. The standard InChI is InChI=1S/C5H13N2/c1-3-6-5-7-4-2/h5-7H,3-4H2,1-2H3. The third kappa shape index (κ3) is 5.92. The molecule has 0 spiro atoms. The van der Waals surface area contributed by atoms with Crippen molar-refractivity contribution in [3.63, 3.8) is 0 Å². The van der Waals surface area contributed by atoms with E-state index in [1.807, 2.05) is 6.67 Å². The van der Waals surface area contributed by atoms with Gasteiger partial charge in [-0.05, 0) is 13.1 Å². The molecule has 0 rings (SSSR count). The summed E-state index contributed by atoms with van der Waals surface area (Å²) in [5, 5.41) is 6.03. The van der Waals surface area contributed by atoms with E-state index in [-0.39, 0.29) is 0 Å². The molecule has 0 unspecified atom stereocenters. The van der Waals surface area contributed by atoms with E-state index < -0.39 is 0 Å². The normalized spacial score (nSPS) is 9.43. The SMILES string of the molecule is CCN[CH]NCC. The molecular formula is C5H13N2. The first-order valence-corrected chi connectivity index (χ1v) is 2.70. The first-order chi connectivity index (χ1) is 3.41. The van der Waals surface area contributed by atoms with Gasteiger partial charge in [0.1, 0.15) is 0 Å². The Morgan fingerprint density at radius 3 is 1.86 bits per heavy atom. The van der Waals surface area contributed by atoms with Crippen molar-refractivity contribution in [2.24, 2.45) is 0 Å². The van der Waals surface area contributed by atoms with Crippen molar-refractivity contribution in [2.75, 3.05) is 13.1 Å². The van der Waals surface area contributed by atoms with E-state index in [9.17, 15) is 0 Å². The van der Waals surface area contributed by atoms with Crippen molar-refractivity contribution in [2.45, 2.75) is 13.8 Å². The van der Waals surface area contributed by atoms with Crippen LogP contribution >= 0.6 is 0 Å². The molecule has 43 valence electrons. The molecule has 0 aromatic carbocycles. The van der Waals surface area contributed by atoms with Gasteiger partial charge < -0.3 is 0 Å². The minimum atomic E-state index is 0.993. The summed E-state index contributed by atoms with van der Waals surface area (Å²) in [6.45, 7) is 7.97. The molecule has 0 aliphatic heterocycles. The predicted molar refractivity (Wildman–Crippen MR) is 31.7 cm³/mol. The van der Waals surface area contributed by atoms with E-state index in [0.29, 0.717) is 0 Å². The average molecular weight is 101 g/mol. The van der Waals surface area contributed by atoms with Crippen molar-refractivity contribution in [3.05, 3.63) is 6.67 Å². The van der Waals surface area contributed by atoms with Gasteiger partial charge in [0.05, 0.1) is 6.67 Å². The lowest BCUT2D eigenvalue weighted by atomic mass is 10.7. The molecule has 0 heterocycles. The fourth-order valence-corrected chi connectivity index (χ4v) is 0.276. The zero-order valence-corrected chi connectivity index (χ0v) is 4.99. The summed E-state index contributed by atoms with van der Waals surface area (Å²) in [6.07, 6.45) is 0. The number of nitrogens with one attached hydrogen (secondary N) is 2. The molecular weight excluding hydrogens is 88.1 g/mol. The quantitative estimate of drug-likeness (QED) is 0.498. The molecule has 0 saturated heterocycles. The molecule has 0 aromatic heterocycles. The Bertz CT molecular complexity index is 25.3. The molecule has 7 heavy (non-hydrogen) atoms. The Hall–Kier alpha value is -0.0800. The van der Waals surface area contributed by atoms with E-state index in [1.54, 1.807) is 0 Å². The zero-order valence-electron chi connectivity index (χ0n) is 4.99. The zero-order chi connectivity index (χ0) is 5.54. The van der Waals surface area contributed by atoms with Gasteiger partial charge in [-0.2, -0.15) is 0 Å². The highest BCUT2D eigenvalue weighted by molar-refractivity contribution is 4.53. The lowest BCUT2D eigenvalue weighted by molar-refractivity contribution is 0.711. The van der Waals surface area contributed by atoms with Crippen LogP contribution in [-0.2, 0) is 0 Å². The van der Waals surface area contributed by atoms with Crippen LogP contribution in [-0.4, -0.2) is 13.1 Å². The molecule has 0 bridgehead atoms. The molecule has 0 atom stereocenters. The van der Waals surface area contributed by atoms with Crippen LogP contribution in [0.2, 0.25) is 0 Å². The first-order valence-electron chi connectivity index (χ1n) is 2.70. The van der Waals surface area contributed by atoms with Crippen molar-refractivity contribution in [1.82, 2.24) is 10.6 Å². The second kappa shape index (κ2) is 5.92. The van der Waals surface area contributed by atoms with Gasteiger partial charge in [-0.3, -0.25) is 10.6 Å². The van der Waals surface area contributed by atoms with Crippen LogP contribution in [0.15, 0.2) is 0 Å². The molecule has 0 saturated carbocycles. The number of hydrogen-bond donors (Lipinski definition) is 2. The first kappa shape index (κ1) is 6.92. The van der Waals surface area contributed by atoms with Gasteiger partial charge in [-0.25, -0.2) is 0 Å². The fraction of sp³-hybridized carbons (Fsp3) is 0.800. The van der Waals surface area contributed by atoms with Gasteiger partial charge >= 0.3 is 0 Å². The van der Waals surface area contributed by atoms with Crippen molar-refractivity contribution < 1.29 is 0 Å². The summed E-state index contributed by atoms with van der Waals surface area (Å²) in [7, 11) is 0. The maximum atomic E-state index is 3.01. The monoisotopic (exact) mass is 101 g/mol. The minimum Gasteiger partial charge on any atom is -0.300 e. The molecule has 2 heteroatoms. The predicted octanol–water partition coefficient (Wildman–Crippen LogP) is 0.325. The lowest BCUT2D eigenvalue weighted by Crippen LogP contribution is -2.21. The molecule has 0 fully saturated rings. The molecule has 2 nitrogen and oxygen atoms in total. The summed E-state index contributed by atoms with van der Waals surface area (Å²) in [6, 6.07) is 0. The van der Waals surface area contributed by atoms with E-state index in [4.69, 9.17) is 0 Å². The van der Waals surface area contributed by atoms with E-state index >= 15 is 0 Å². The average Bonchev–Trinajstić information content (AvgIpc) is 1.69. The van der Waals surface area contributed by atoms with Gasteiger partial charge in [0.25, 0.3) is 0 Å². The van der Waals surface area contributed by atoms with Gasteiger partial charge in [0, 0.05) is 0 Å².